The van der Waals surface area contributed by atoms with Crippen LogP contribution in [-0.2, 0) is 4.79 Å². The van der Waals surface area contributed by atoms with Crippen molar-refractivity contribution in [3.63, 3.8) is 0 Å². The lowest BCUT2D eigenvalue weighted by Gasteiger charge is -2.22. The van der Waals surface area contributed by atoms with Crippen molar-refractivity contribution < 1.29 is 24.2 Å². The maximum absolute atomic E-state index is 12.3. The van der Waals surface area contributed by atoms with Crippen LogP contribution in [-0.4, -0.2) is 36.2 Å². The van der Waals surface area contributed by atoms with Gasteiger partial charge >= 0.3 is 5.97 Å². The van der Waals surface area contributed by atoms with Gasteiger partial charge in [-0.05, 0) is 24.5 Å². The Bertz CT molecular complexity index is 541. The van der Waals surface area contributed by atoms with Crippen LogP contribution in [0.2, 0.25) is 0 Å². The van der Waals surface area contributed by atoms with Crippen molar-refractivity contribution in [1.82, 2.24) is 5.32 Å². The first-order chi connectivity index (χ1) is 9.99. The number of para-hydroxylation sites is 1. The Labute approximate surface area is 123 Å². The molecule has 21 heavy (non-hydrogen) atoms. The van der Waals surface area contributed by atoms with E-state index in [0.717, 1.165) is 0 Å². The second kappa shape index (κ2) is 6.47. The second-order valence-corrected chi connectivity index (χ2v) is 5.32. The van der Waals surface area contributed by atoms with Crippen LogP contribution in [0.15, 0.2) is 18.2 Å². The van der Waals surface area contributed by atoms with E-state index in [1.54, 1.807) is 18.2 Å². The highest BCUT2D eigenvalue weighted by molar-refractivity contribution is 5.99. The van der Waals surface area contributed by atoms with Crippen LogP contribution in [0.5, 0.6) is 11.5 Å². The molecule has 0 spiro atoms. The molecule has 0 saturated carbocycles. The number of aliphatic carboxylic acids is 1. The summed E-state index contributed by atoms with van der Waals surface area (Å²) in [4.78, 5) is 23.5. The number of hydrogen-bond donors (Lipinski definition) is 2. The summed E-state index contributed by atoms with van der Waals surface area (Å²) in [7, 11) is 0. The van der Waals surface area contributed by atoms with E-state index in [-0.39, 0.29) is 5.92 Å². The predicted octanol–water partition coefficient (Wildman–Crippen LogP) is 1.69. The Balaban J connectivity index is 2.18. The van der Waals surface area contributed by atoms with Crippen molar-refractivity contribution in [3.05, 3.63) is 23.8 Å². The Kier molecular flexibility index (Phi) is 4.67. The van der Waals surface area contributed by atoms with Gasteiger partial charge in [-0.2, -0.15) is 0 Å². The van der Waals surface area contributed by atoms with Crippen LogP contribution in [0.4, 0.5) is 0 Å². The Morgan fingerprint density at radius 2 is 2.00 bits per heavy atom. The molecule has 0 saturated heterocycles. The van der Waals surface area contributed by atoms with Gasteiger partial charge in [0, 0.05) is 0 Å². The molecule has 1 aliphatic rings. The molecule has 1 aromatic rings. The van der Waals surface area contributed by atoms with Crippen LogP contribution in [0, 0.1) is 5.92 Å². The van der Waals surface area contributed by atoms with Gasteiger partial charge in [0.05, 0.1) is 5.56 Å². The highest BCUT2D eigenvalue weighted by Gasteiger charge is 2.25. The van der Waals surface area contributed by atoms with E-state index >= 15 is 0 Å². The highest BCUT2D eigenvalue weighted by atomic mass is 16.6. The number of carboxylic acids is 1. The molecule has 1 amide bonds. The average molecular weight is 293 g/mol. The number of ether oxygens (including phenoxy) is 2. The molecule has 1 aromatic carbocycles. The van der Waals surface area contributed by atoms with Crippen LogP contribution < -0.4 is 14.8 Å². The van der Waals surface area contributed by atoms with Crippen molar-refractivity contribution in [2.45, 2.75) is 26.3 Å². The molecule has 0 aliphatic carbocycles. The van der Waals surface area contributed by atoms with Crippen molar-refractivity contribution in [2.24, 2.45) is 5.92 Å². The van der Waals surface area contributed by atoms with E-state index in [9.17, 15) is 14.7 Å². The van der Waals surface area contributed by atoms with Crippen LogP contribution in [0.3, 0.4) is 0 Å². The van der Waals surface area contributed by atoms with E-state index in [2.05, 4.69) is 5.32 Å². The summed E-state index contributed by atoms with van der Waals surface area (Å²) in [5, 5.41) is 11.7. The molecule has 6 nitrogen and oxygen atoms in total. The lowest BCUT2D eigenvalue weighted by molar-refractivity contribution is -0.139. The molecular weight excluding hydrogens is 274 g/mol. The Morgan fingerprint density at radius 3 is 2.67 bits per heavy atom. The Morgan fingerprint density at radius 1 is 1.29 bits per heavy atom. The van der Waals surface area contributed by atoms with Crippen LogP contribution in [0.25, 0.3) is 0 Å². The van der Waals surface area contributed by atoms with E-state index in [1.807, 2.05) is 13.8 Å². The maximum atomic E-state index is 12.3. The Hall–Kier alpha value is -2.24. The first-order valence-corrected chi connectivity index (χ1v) is 6.91. The average Bonchev–Trinajstić information content (AvgIpc) is 2.45. The third kappa shape index (κ3) is 3.65. The zero-order chi connectivity index (χ0) is 15.4. The number of carbonyl (C=O) groups is 2. The summed E-state index contributed by atoms with van der Waals surface area (Å²) in [6.07, 6.45) is 0.369. The first kappa shape index (κ1) is 15.2. The lowest BCUT2D eigenvalue weighted by Crippen LogP contribution is -2.41. The fraction of sp³-hybridized carbons (Fsp3) is 0.467. The normalized spacial score (nSPS) is 14.6. The van der Waals surface area contributed by atoms with Crippen molar-refractivity contribution in [1.29, 1.82) is 0 Å². The summed E-state index contributed by atoms with van der Waals surface area (Å²) < 4.78 is 10.9. The van der Waals surface area contributed by atoms with Gasteiger partial charge in [0.15, 0.2) is 11.5 Å². The molecule has 6 heteroatoms. The van der Waals surface area contributed by atoms with Gasteiger partial charge in [-0.15, -0.1) is 0 Å². The van der Waals surface area contributed by atoms with Crippen molar-refractivity contribution in [3.8, 4) is 11.5 Å². The quantitative estimate of drug-likeness (QED) is 0.863. The number of carboxylic acid groups (broad SMARTS) is 1. The molecule has 0 radical (unpaired) electrons. The minimum absolute atomic E-state index is 0.163. The third-order valence-corrected chi connectivity index (χ3v) is 3.12. The van der Waals surface area contributed by atoms with E-state index in [1.165, 1.54) is 0 Å². The van der Waals surface area contributed by atoms with Gasteiger partial charge in [0.2, 0.25) is 0 Å². The van der Waals surface area contributed by atoms with Gasteiger partial charge in [-0.3, -0.25) is 4.79 Å². The van der Waals surface area contributed by atoms with Gasteiger partial charge < -0.3 is 19.9 Å². The number of amides is 1. The van der Waals surface area contributed by atoms with Gasteiger partial charge in [-0.1, -0.05) is 19.9 Å². The molecule has 0 aromatic heterocycles. The van der Waals surface area contributed by atoms with Crippen LogP contribution >= 0.6 is 0 Å². The van der Waals surface area contributed by atoms with Crippen molar-refractivity contribution >= 4 is 11.9 Å². The topological polar surface area (TPSA) is 84.9 Å². The fourth-order valence-electron chi connectivity index (χ4n) is 2.18. The summed E-state index contributed by atoms with van der Waals surface area (Å²) in [5.74, 6) is -0.473. The van der Waals surface area contributed by atoms with Gasteiger partial charge in [0.1, 0.15) is 19.3 Å². The summed E-state index contributed by atoms with van der Waals surface area (Å²) >= 11 is 0. The second-order valence-electron chi connectivity index (χ2n) is 5.32. The van der Waals surface area contributed by atoms with Crippen LogP contribution in [0.1, 0.15) is 30.6 Å². The molecule has 114 valence electrons. The molecule has 2 N–H and O–H groups in total. The number of carbonyl (C=O) groups excluding carboxylic acids is 1. The number of rotatable bonds is 5. The molecule has 0 unspecified atom stereocenters. The van der Waals surface area contributed by atoms with Gasteiger partial charge in [-0.25, -0.2) is 4.79 Å². The lowest BCUT2D eigenvalue weighted by atomic mass is 10.0. The minimum atomic E-state index is -1.04. The molecule has 1 heterocycles. The largest absolute Gasteiger partial charge is 0.486 e. The maximum Gasteiger partial charge on any atom is 0.326 e. The monoisotopic (exact) mass is 293 g/mol. The smallest absolute Gasteiger partial charge is 0.326 e. The molecule has 2 rings (SSSR count). The van der Waals surface area contributed by atoms with Gasteiger partial charge in [0.25, 0.3) is 5.91 Å². The molecule has 0 fully saturated rings. The highest BCUT2D eigenvalue weighted by Crippen LogP contribution is 2.33. The summed E-state index contributed by atoms with van der Waals surface area (Å²) in [6.45, 7) is 4.61. The molecular formula is C15H19NO5. The summed E-state index contributed by atoms with van der Waals surface area (Å²) in [5.41, 5.74) is 0.294. The molecule has 0 bridgehead atoms. The predicted molar refractivity (Wildman–Crippen MR) is 75.8 cm³/mol. The van der Waals surface area contributed by atoms with Crippen molar-refractivity contribution in [2.75, 3.05) is 13.2 Å². The minimum Gasteiger partial charge on any atom is -0.486 e. The number of nitrogens with one attached hydrogen (secondary N) is 1. The molecule has 1 atom stereocenters. The SMILES string of the molecule is CC(C)C[C@@H](NC(=O)c1cccc2c1OCCO2)C(=O)O. The van der Waals surface area contributed by atoms with E-state index in [4.69, 9.17) is 9.47 Å². The van der Waals surface area contributed by atoms with E-state index in [0.29, 0.717) is 36.7 Å². The fourth-order valence-corrected chi connectivity index (χ4v) is 2.18. The number of hydrogen-bond acceptors (Lipinski definition) is 4. The summed E-state index contributed by atoms with van der Waals surface area (Å²) in [6, 6.07) is 4.07. The number of fused-ring (bicyclic) bond motifs is 1. The van der Waals surface area contributed by atoms with E-state index < -0.39 is 17.9 Å². The zero-order valence-corrected chi connectivity index (χ0v) is 12.1. The zero-order valence-electron chi connectivity index (χ0n) is 12.1. The number of benzene rings is 1. The third-order valence-electron chi connectivity index (χ3n) is 3.12. The molecule has 1 aliphatic heterocycles. The first-order valence-electron chi connectivity index (χ1n) is 6.91. The standard InChI is InChI=1S/C15H19NO5/c1-9(2)8-11(15(18)19)16-14(17)10-4-3-5-12-13(10)21-7-6-20-12/h3-5,9,11H,6-8H2,1-2H3,(H,16,17)(H,18,19)/t11-/m1/s1.